The fourth-order valence-electron chi connectivity index (χ4n) is 9.02. The normalized spacial score (nSPS) is 11.9. The maximum atomic E-state index is 6.28. The maximum Gasteiger partial charge on any atom is 0.135 e. The fraction of sp³-hybridized carbons (Fsp3) is 0. The Kier molecular flexibility index (Phi) is 6.89. The molecule has 266 valence electrons. The Labute approximate surface area is 328 Å². The van der Waals surface area contributed by atoms with Gasteiger partial charge in [0, 0.05) is 54.8 Å². The molecule has 4 heterocycles. The molecule has 0 N–H and O–H groups in total. The number of fused-ring (bicyclic) bond motifs is 9. The zero-order valence-corrected chi connectivity index (χ0v) is 30.8. The van der Waals surface area contributed by atoms with Crippen molar-refractivity contribution in [3.8, 4) is 45.0 Å². The van der Waals surface area contributed by atoms with Gasteiger partial charge in [-0.15, -0.1) is 0 Å². The van der Waals surface area contributed by atoms with Crippen LogP contribution in [0.3, 0.4) is 0 Å². The number of pyridine rings is 1. The fourth-order valence-corrected chi connectivity index (χ4v) is 9.02. The second kappa shape index (κ2) is 12.4. The van der Waals surface area contributed by atoms with E-state index in [4.69, 9.17) is 9.40 Å². The molecule has 0 radical (unpaired) electrons. The van der Waals surface area contributed by atoms with Gasteiger partial charge in [-0.05, 0) is 77.9 Å². The first-order valence-corrected chi connectivity index (χ1v) is 19.4. The zero-order chi connectivity index (χ0) is 37.5. The van der Waals surface area contributed by atoms with E-state index in [1.54, 1.807) is 0 Å². The topological polar surface area (TPSA) is 35.9 Å². The second-order valence-corrected chi connectivity index (χ2v) is 14.7. The van der Waals surface area contributed by atoms with Gasteiger partial charge in [-0.25, -0.2) is 4.98 Å². The standard InChI is InChI=1S/C53H33N3O/c1-3-15-36(16-4-1)55-48-26-10-7-19-38(48)41-22-13-24-43(52(41)55)46-32-35(34-29-30-51-45(31-34)40-21-9-12-28-50(40)57-51)33-47(54-46)44-25-14-23-42-39-20-8-11-27-49(39)56(53(42)44)37-17-5-2-6-18-37/h1-33H. The third-order valence-corrected chi connectivity index (χ3v) is 11.5. The SMILES string of the molecule is c1ccc(-n2c3ccccc3c3cccc(-c4cc(-c5ccc6oc7ccccc7c6c5)cc(-c5cccc6c7ccccc7n(-c7ccccc7)c56)n4)c32)cc1. The number of rotatable bonds is 5. The highest BCUT2D eigenvalue weighted by Gasteiger charge is 2.21. The van der Waals surface area contributed by atoms with E-state index < -0.39 is 0 Å². The van der Waals surface area contributed by atoms with Gasteiger partial charge < -0.3 is 13.6 Å². The van der Waals surface area contributed by atoms with Crippen LogP contribution in [0.5, 0.6) is 0 Å². The maximum absolute atomic E-state index is 6.28. The Hall–Kier alpha value is -7.69. The van der Waals surface area contributed by atoms with Crippen LogP contribution in [0.1, 0.15) is 0 Å². The first kappa shape index (κ1) is 31.6. The van der Waals surface area contributed by atoms with Crippen LogP contribution in [0.25, 0.3) is 111 Å². The Morgan fingerprint density at radius 2 is 0.807 bits per heavy atom. The third-order valence-electron chi connectivity index (χ3n) is 11.5. The highest BCUT2D eigenvalue weighted by molar-refractivity contribution is 6.15. The summed E-state index contributed by atoms with van der Waals surface area (Å²) >= 11 is 0. The lowest BCUT2D eigenvalue weighted by molar-refractivity contribution is 0.669. The van der Waals surface area contributed by atoms with Crippen molar-refractivity contribution < 1.29 is 4.42 Å². The third kappa shape index (κ3) is 4.84. The molecule has 0 unspecified atom stereocenters. The van der Waals surface area contributed by atoms with Gasteiger partial charge in [0.25, 0.3) is 0 Å². The van der Waals surface area contributed by atoms with Crippen LogP contribution in [0.15, 0.2) is 205 Å². The van der Waals surface area contributed by atoms with Crippen molar-refractivity contribution in [3.05, 3.63) is 200 Å². The lowest BCUT2D eigenvalue weighted by Gasteiger charge is -2.15. The van der Waals surface area contributed by atoms with E-state index >= 15 is 0 Å². The molecule has 57 heavy (non-hydrogen) atoms. The van der Waals surface area contributed by atoms with Gasteiger partial charge in [-0.2, -0.15) is 0 Å². The van der Waals surface area contributed by atoms with Crippen molar-refractivity contribution in [2.45, 2.75) is 0 Å². The van der Waals surface area contributed by atoms with Crippen LogP contribution in [-0.4, -0.2) is 14.1 Å². The van der Waals surface area contributed by atoms with E-state index in [1.807, 2.05) is 12.1 Å². The van der Waals surface area contributed by atoms with Gasteiger partial charge in [-0.3, -0.25) is 0 Å². The van der Waals surface area contributed by atoms with Gasteiger partial charge in [0.2, 0.25) is 0 Å². The van der Waals surface area contributed by atoms with Crippen molar-refractivity contribution in [2.24, 2.45) is 0 Å². The first-order valence-electron chi connectivity index (χ1n) is 19.4. The molecule has 0 aliphatic carbocycles. The van der Waals surface area contributed by atoms with E-state index in [0.717, 1.165) is 89.0 Å². The average molecular weight is 728 g/mol. The molecule has 4 aromatic heterocycles. The molecule has 8 aromatic carbocycles. The summed E-state index contributed by atoms with van der Waals surface area (Å²) < 4.78 is 11.1. The van der Waals surface area contributed by atoms with Crippen molar-refractivity contribution in [3.63, 3.8) is 0 Å². The Bertz CT molecular complexity index is 3340. The minimum Gasteiger partial charge on any atom is -0.456 e. The molecular formula is C53H33N3O. The molecular weight excluding hydrogens is 695 g/mol. The number of aromatic nitrogens is 3. The number of para-hydroxylation sites is 7. The molecule has 0 saturated carbocycles. The van der Waals surface area contributed by atoms with E-state index in [1.165, 1.54) is 21.5 Å². The molecule has 4 nitrogen and oxygen atoms in total. The Morgan fingerprint density at radius 1 is 0.333 bits per heavy atom. The minimum atomic E-state index is 0.878. The summed E-state index contributed by atoms with van der Waals surface area (Å²) in [4.78, 5) is 5.67. The first-order chi connectivity index (χ1) is 28.3. The van der Waals surface area contributed by atoms with Crippen LogP contribution >= 0.6 is 0 Å². The zero-order valence-electron chi connectivity index (χ0n) is 30.8. The number of hydrogen-bond acceptors (Lipinski definition) is 2. The lowest BCUT2D eigenvalue weighted by Crippen LogP contribution is -1.98. The average Bonchev–Trinajstić information content (AvgIpc) is 3.94. The summed E-state index contributed by atoms with van der Waals surface area (Å²) in [5.74, 6) is 0. The molecule has 0 atom stereocenters. The minimum absolute atomic E-state index is 0.878. The van der Waals surface area contributed by atoms with Crippen molar-refractivity contribution in [1.29, 1.82) is 0 Å². The quantitative estimate of drug-likeness (QED) is 0.177. The number of hydrogen-bond donors (Lipinski definition) is 0. The van der Waals surface area contributed by atoms with E-state index in [0.29, 0.717) is 0 Å². The number of furan rings is 1. The molecule has 12 rings (SSSR count). The molecule has 0 fully saturated rings. The van der Waals surface area contributed by atoms with Gasteiger partial charge in [0.1, 0.15) is 11.2 Å². The number of nitrogens with zero attached hydrogens (tertiary/aromatic N) is 3. The van der Waals surface area contributed by atoms with Crippen LogP contribution < -0.4 is 0 Å². The molecule has 12 aromatic rings. The van der Waals surface area contributed by atoms with E-state index in [9.17, 15) is 0 Å². The Balaban J connectivity index is 1.19. The van der Waals surface area contributed by atoms with Gasteiger partial charge in [0.15, 0.2) is 0 Å². The van der Waals surface area contributed by atoms with Crippen molar-refractivity contribution in [1.82, 2.24) is 14.1 Å². The van der Waals surface area contributed by atoms with E-state index in [2.05, 4.69) is 197 Å². The highest BCUT2D eigenvalue weighted by Crippen LogP contribution is 2.43. The summed E-state index contributed by atoms with van der Waals surface area (Å²) in [6, 6.07) is 71.4. The molecule has 0 aliphatic heterocycles. The van der Waals surface area contributed by atoms with Crippen LogP contribution in [0.4, 0.5) is 0 Å². The van der Waals surface area contributed by atoms with Gasteiger partial charge >= 0.3 is 0 Å². The second-order valence-electron chi connectivity index (χ2n) is 14.7. The lowest BCUT2D eigenvalue weighted by atomic mass is 9.97. The number of benzene rings is 8. The molecule has 0 saturated heterocycles. The predicted octanol–water partition coefficient (Wildman–Crippen LogP) is 14.2. The molecule has 0 bridgehead atoms. The summed E-state index contributed by atoms with van der Waals surface area (Å²) in [5.41, 5.74) is 14.7. The largest absolute Gasteiger partial charge is 0.456 e. The summed E-state index contributed by atoms with van der Waals surface area (Å²) in [6.07, 6.45) is 0. The monoisotopic (exact) mass is 727 g/mol. The molecule has 0 spiro atoms. The van der Waals surface area contributed by atoms with Crippen LogP contribution in [0.2, 0.25) is 0 Å². The van der Waals surface area contributed by atoms with Crippen LogP contribution in [0, 0.1) is 0 Å². The summed E-state index contributed by atoms with van der Waals surface area (Å²) in [6.45, 7) is 0. The Morgan fingerprint density at radius 3 is 1.39 bits per heavy atom. The predicted molar refractivity (Wildman–Crippen MR) is 237 cm³/mol. The van der Waals surface area contributed by atoms with Crippen LogP contribution in [-0.2, 0) is 0 Å². The smallest absolute Gasteiger partial charge is 0.135 e. The molecule has 0 aliphatic rings. The summed E-state index contributed by atoms with van der Waals surface area (Å²) in [7, 11) is 0. The van der Waals surface area contributed by atoms with Crippen molar-refractivity contribution in [2.75, 3.05) is 0 Å². The molecule has 0 amide bonds. The summed E-state index contributed by atoms with van der Waals surface area (Å²) in [5, 5.41) is 7.02. The van der Waals surface area contributed by atoms with E-state index in [-0.39, 0.29) is 0 Å². The van der Waals surface area contributed by atoms with Crippen molar-refractivity contribution >= 4 is 65.6 Å². The van der Waals surface area contributed by atoms with Gasteiger partial charge in [-0.1, -0.05) is 133 Å². The van der Waals surface area contributed by atoms with Gasteiger partial charge in [0.05, 0.1) is 33.5 Å². The highest BCUT2D eigenvalue weighted by atomic mass is 16.3. The molecule has 4 heteroatoms.